The number of carbonyl (C=O) groups is 3. The Morgan fingerprint density at radius 1 is 1.35 bits per heavy atom. The predicted molar refractivity (Wildman–Crippen MR) is 114 cm³/mol. The molecule has 8 heteroatoms. The van der Waals surface area contributed by atoms with Crippen molar-refractivity contribution in [1.82, 2.24) is 9.80 Å². The maximum absolute atomic E-state index is 13.8. The highest BCUT2D eigenvalue weighted by Gasteiger charge is 2.78. The molecular weight excluding hydrogens is 400 g/mol. The van der Waals surface area contributed by atoms with Crippen LogP contribution in [0.5, 0.6) is 0 Å². The van der Waals surface area contributed by atoms with Gasteiger partial charge in [0.25, 0.3) is 0 Å². The minimum absolute atomic E-state index is 0.0520. The van der Waals surface area contributed by atoms with E-state index in [0.29, 0.717) is 25.8 Å². The van der Waals surface area contributed by atoms with Crippen LogP contribution in [0.15, 0.2) is 25.3 Å². The number of fused-ring (bicyclic) bond motifs is 1. The van der Waals surface area contributed by atoms with Crippen molar-refractivity contribution in [3.63, 3.8) is 0 Å². The zero-order valence-corrected chi connectivity index (χ0v) is 18.7. The molecule has 1 spiro atoms. The number of esters is 1. The van der Waals surface area contributed by atoms with Crippen molar-refractivity contribution >= 4 is 17.8 Å². The standard InChI is InChI=1S/C23H34N2O6/c1-6-11-24(15(3)4)20(28)18-23-10-9-22(5,31-23)17(21(29)30-14-7-2)16(23)19(27)25(18)12-8-13-26/h6-7,15-18,26H,1-2,8-14H2,3-5H3/t16-,17-,18?,22+,23?/m0/s1. The van der Waals surface area contributed by atoms with Crippen LogP contribution in [-0.4, -0.2) is 82.3 Å². The van der Waals surface area contributed by atoms with Gasteiger partial charge in [0, 0.05) is 25.7 Å². The number of hydrogen-bond donors (Lipinski definition) is 1. The summed E-state index contributed by atoms with van der Waals surface area (Å²) in [6, 6.07) is -0.948. The lowest BCUT2D eigenvalue weighted by molar-refractivity contribution is -0.159. The van der Waals surface area contributed by atoms with Crippen molar-refractivity contribution in [1.29, 1.82) is 0 Å². The number of hydrogen-bond acceptors (Lipinski definition) is 6. The monoisotopic (exact) mass is 434 g/mol. The van der Waals surface area contributed by atoms with Crippen molar-refractivity contribution < 1.29 is 29.0 Å². The molecule has 3 rings (SSSR count). The van der Waals surface area contributed by atoms with Crippen molar-refractivity contribution in [3.8, 4) is 0 Å². The van der Waals surface area contributed by atoms with Crippen LogP contribution in [0.4, 0.5) is 0 Å². The average Bonchev–Trinajstić information content (AvgIpc) is 3.28. The Balaban J connectivity index is 2.05. The van der Waals surface area contributed by atoms with E-state index < -0.39 is 35.0 Å². The predicted octanol–water partition coefficient (Wildman–Crippen LogP) is 1.29. The Morgan fingerprint density at radius 2 is 2.06 bits per heavy atom. The molecule has 0 aliphatic carbocycles. The zero-order valence-electron chi connectivity index (χ0n) is 18.7. The number of nitrogens with zero attached hydrogens (tertiary/aromatic N) is 2. The molecule has 0 radical (unpaired) electrons. The number of likely N-dealkylation sites (tertiary alicyclic amines) is 1. The lowest BCUT2D eigenvalue weighted by atomic mass is 9.66. The first-order valence-corrected chi connectivity index (χ1v) is 11.0. The average molecular weight is 435 g/mol. The van der Waals surface area contributed by atoms with Crippen LogP contribution < -0.4 is 0 Å². The number of aliphatic hydroxyl groups is 1. The fourth-order valence-corrected chi connectivity index (χ4v) is 5.63. The molecule has 3 aliphatic rings. The molecule has 0 aromatic rings. The molecule has 0 saturated carbocycles. The van der Waals surface area contributed by atoms with E-state index in [0.717, 1.165) is 0 Å². The Hall–Kier alpha value is -2.19. The van der Waals surface area contributed by atoms with Gasteiger partial charge in [-0.25, -0.2) is 0 Å². The van der Waals surface area contributed by atoms with Crippen molar-refractivity contribution in [3.05, 3.63) is 25.3 Å². The first-order valence-electron chi connectivity index (χ1n) is 11.0. The second kappa shape index (κ2) is 8.74. The van der Waals surface area contributed by atoms with Crippen molar-refractivity contribution in [2.24, 2.45) is 11.8 Å². The van der Waals surface area contributed by atoms with E-state index >= 15 is 0 Å². The molecule has 0 aromatic heterocycles. The van der Waals surface area contributed by atoms with Gasteiger partial charge < -0.3 is 24.4 Å². The van der Waals surface area contributed by atoms with Crippen LogP contribution in [0.3, 0.4) is 0 Å². The van der Waals surface area contributed by atoms with E-state index in [1.807, 2.05) is 20.8 Å². The molecule has 5 atom stereocenters. The second-order valence-corrected chi connectivity index (χ2v) is 9.13. The van der Waals surface area contributed by atoms with Crippen molar-refractivity contribution in [2.45, 2.75) is 63.3 Å². The highest BCUT2D eigenvalue weighted by molar-refractivity contribution is 5.98. The van der Waals surface area contributed by atoms with E-state index in [1.54, 1.807) is 11.0 Å². The third-order valence-electron chi connectivity index (χ3n) is 6.90. The lowest BCUT2D eigenvalue weighted by Gasteiger charge is -2.38. The minimum Gasteiger partial charge on any atom is -0.461 e. The van der Waals surface area contributed by atoms with Gasteiger partial charge >= 0.3 is 5.97 Å². The summed E-state index contributed by atoms with van der Waals surface area (Å²) >= 11 is 0. The van der Waals surface area contributed by atoms with Gasteiger partial charge in [-0.3, -0.25) is 14.4 Å². The quantitative estimate of drug-likeness (QED) is 0.411. The minimum atomic E-state index is -1.08. The Kier molecular flexibility index (Phi) is 6.62. The Morgan fingerprint density at radius 3 is 2.65 bits per heavy atom. The molecule has 8 nitrogen and oxygen atoms in total. The Bertz CT molecular complexity index is 767. The smallest absolute Gasteiger partial charge is 0.313 e. The van der Waals surface area contributed by atoms with Crippen LogP contribution >= 0.6 is 0 Å². The molecule has 2 amide bonds. The highest BCUT2D eigenvalue weighted by Crippen LogP contribution is 2.63. The number of rotatable bonds is 10. The molecular formula is C23H34N2O6. The Labute approximate surface area is 183 Å². The van der Waals surface area contributed by atoms with Gasteiger partial charge in [0.15, 0.2) is 0 Å². The maximum atomic E-state index is 13.8. The van der Waals surface area contributed by atoms with Gasteiger partial charge in [0.05, 0.1) is 11.5 Å². The SMILES string of the molecule is C=CCOC(=O)[C@@H]1[C@H]2C(=O)N(CCCO)C(C(=O)N(CC=C)C(C)C)C23CC[C@@]1(C)O3. The van der Waals surface area contributed by atoms with Crippen LogP contribution in [0.25, 0.3) is 0 Å². The van der Waals surface area contributed by atoms with E-state index in [9.17, 15) is 19.5 Å². The van der Waals surface area contributed by atoms with E-state index in [2.05, 4.69) is 13.2 Å². The molecule has 172 valence electrons. The third kappa shape index (κ3) is 3.59. The summed E-state index contributed by atoms with van der Waals surface area (Å²) in [5, 5.41) is 9.37. The molecule has 2 bridgehead atoms. The van der Waals surface area contributed by atoms with Crippen LogP contribution in [0, 0.1) is 11.8 Å². The van der Waals surface area contributed by atoms with Gasteiger partial charge in [0.1, 0.15) is 24.2 Å². The number of aliphatic hydroxyl groups excluding tert-OH is 1. The van der Waals surface area contributed by atoms with Gasteiger partial charge in [-0.05, 0) is 40.0 Å². The van der Waals surface area contributed by atoms with E-state index in [1.165, 1.54) is 11.0 Å². The molecule has 1 N–H and O–H groups in total. The third-order valence-corrected chi connectivity index (χ3v) is 6.90. The van der Waals surface area contributed by atoms with Crippen molar-refractivity contribution in [2.75, 3.05) is 26.3 Å². The molecule has 0 aromatic carbocycles. The first-order chi connectivity index (χ1) is 14.7. The summed E-state index contributed by atoms with van der Waals surface area (Å²) in [6.45, 7) is 13.5. The van der Waals surface area contributed by atoms with Crippen LogP contribution in [-0.2, 0) is 23.9 Å². The number of amides is 2. The summed E-state index contributed by atoms with van der Waals surface area (Å²) in [4.78, 5) is 43.6. The van der Waals surface area contributed by atoms with Gasteiger partial charge in [-0.2, -0.15) is 0 Å². The zero-order chi connectivity index (χ0) is 23.0. The summed E-state index contributed by atoms with van der Waals surface area (Å²) in [7, 11) is 0. The fourth-order valence-electron chi connectivity index (χ4n) is 5.63. The molecule has 31 heavy (non-hydrogen) atoms. The van der Waals surface area contributed by atoms with E-state index in [4.69, 9.17) is 9.47 Å². The number of ether oxygens (including phenoxy) is 2. The second-order valence-electron chi connectivity index (χ2n) is 9.13. The largest absolute Gasteiger partial charge is 0.461 e. The molecule has 3 aliphatic heterocycles. The summed E-state index contributed by atoms with van der Waals surface area (Å²) < 4.78 is 11.8. The van der Waals surface area contributed by atoms with Gasteiger partial charge in [-0.1, -0.05) is 18.7 Å². The topological polar surface area (TPSA) is 96.4 Å². The highest BCUT2D eigenvalue weighted by atomic mass is 16.6. The molecule has 3 saturated heterocycles. The first kappa shape index (κ1) is 23.5. The summed E-state index contributed by atoms with van der Waals surface area (Å²) in [5.41, 5.74) is -1.94. The summed E-state index contributed by atoms with van der Waals surface area (Å²) in [5.74, 6) is -2.56. The van der Waals surface area contributed by atoms with Gasteiger partial charge in [0.2, 0.25) is 11.8 Å². The molecule has 2 unspecified atom stereocenters. The molecule has 3 heterocycles. The van der Waals surface area contributed by atoms with Gasteiger partial charge in [-0.15, -0.1) is 6.58 Å². The molecule has 3 fully saturated rings. The van der Waals surface area contributed by atoms with Crippen LogP contribution in [0.2, 0.25) is 0 Å². The number of carbonyl (C=O) groups excluding carboxylic acids is 3. The van der Waals surface area contributed by atoms with E-state index in [-0.39, 0.29) is 37.6 Å². The normalized spacial score (nSPS) is 33.5. The fraction of sp³-hybridized carbons (Fsp3) is 0.696. The van der Waals surface area contributed by atoms with Crippen LogP contribution in [0.1, 0.15) is 40.0 Å². The maximum Gasteiger partial charge on any atom is 0.313 e. The lowest BCUT2D eigenvalue weighted by Crippen LogP contribution is -2.57. The summed E-state index contributed by atoms with van der Waals surface area (Å²) in [6.07, 6.45) is 4.55.